The van der Waals surface area contributed by atoms with Crippen molar-refractivity contribution >= 4 is 11.8 Å². The van der Waals surface area contributed by atoms with Crippen LogP contribution >= 0.6 is 11.8 Å². The van der Waals surface area contributed by atoms with Crippen molar-refractivity contribution in [1.29, 1.82) is 0 Å². The van der Waals surface area contributed by atoms with E-state index in [0.717, 1.165) is 11.3 Å². The third-order valence-electron chi connectivity index (χ3n) is 4.56. The number of hydrogen-bond donors (Lipinski definition) is 1. The molecule has 1 saturated heterocycles. The van der Waals surface area contributed by atoms with Gasteiger partial charge in [-0.3, -0.25) is 4.90 Å². The zero-order valence-electron chi connectivity index (χ0n) is 11.7. The van der Waals surface area contributed by atoms with Gasteiger partial charge in [-0.15, -0.1) is 0 Å². The van der Waals surface area contributed by atoms with Gasteiger partial charge in [0.15, 0.2) is 0 Å². The zero-order chi connectivity index (χ0) is 12.3. The van der Waals surface area contributed by atoms with Crippen molar-refractivity contribution in [3.63, 3.8) is 0 Å². The molecule has 3 atom stereocenters. The van der Waals surface area contributed by atoms with Crippen LogP contribution in [0.25, 0.3) is 0 Å². The number of thioether (sulfide) groups is 1. The molecule has 0 bridgehead atoms. The van der Waals surface area contributed by atoms with E-state index < -0.39 is 0 Å². The van der Waals surface area contributed by atoms with E-state index in [1.807, 2.05) is 0 Å². The summed E-state index contributed by atoms with van der Waals surface area (Å²) in [4.78, 5) is 2.76. The summed E-state index contributed by atoms with van der Waals surface area (Å²) in [5.74, 6) is 1.28. The second-order valence-corrected chi connectivity index (χ2v) is 7.43. The van der Waals surface area contributed by atoms with Crippen LogP contribution in [-0.4, -0.2) is 47.1 Å². The Morgan fingerprint density at radius 1 is 1.35 bits per heavy atom. The minimum absolute atomic E-state index is 0.355. The molecular weight excluding hydrogens is 228 g/mol. The van der Waals surface area contributed by atoms with Gasteiger partial charge in [0.25, 0.3) is 0 Å². The standard InChI is InChI=1S/C14H28N2S/c1-4-14(3)11-16(9-8-15-14)12-6-7-13(10-12)17-5-2/h12-13,15H,4-11H2,1-3H3. The van der Waals surface area contributed by atoms with Crippen LogP contribution in [0.4, 0.5) is 0 Å². The van der Waals surface area contributed by atoms with E-state index in [1.165, 1.54) is 51.1 Å². The lowest BCUT2D eigenvalue weighted by Gasteiger charge is -2.43. The predicted octanol–water partition coefficient (Wildman–Crippen LogP) is 2.73. The fourth-order valence-electron chi connectivity index (χ4n) is 3.27. The van der Waals surface area contributed by atoms with Crippen LogP contribution in [0.1, 0.15) is 46.5 Å². The average molecular weight is 256 g/mol. The molecule has 3 unspecified atom stereocenters. The minimum Gasteiger partial charge on any atom is -0.309 e. The molecule has 1 aliphatic carbocycles. The lowest BCUT2D eigenvalue weighted by molar-refractivity contribution is 0.0999. The van der Waals surface area contributed by atoms with Crippen LogP contribution in [0.3, 0.4) is 0 Å². The molecule has 100 valence electrons. The van der Waals surface area contributed by atoms with Gasteiger partial charge in [0.2, 0.25) is 0 Å². The highest BCUT2D eigenvalue weighted by Gasteiger charge is 2.35. The zero-order valence-corrected chi connectivity index (χ0v) is 12.5. The lowest BCUT2D eigenvalue weighted by atomic mass is 9.94. The number of nitrogens with one attached hydrogen (secondary N) is 1. The van der Waals surface area contributed by atoms with E-state index in [9.17, 15) is 0 Å². The summed E-state index contributed by atoms with van der Waals surface area (Å²) in [6.07, 6.45) is 5.54. The highest BCUT2D eigenvalue weighted by Crippen LogP contribution is 2.33. The summed E-state index contributed by atoms with van der Waals surface area (Å²) in [5.41, 5.74) is 0.355. The molecule has 0 aromatic rings. The molecule has 1 N–H and O–H groups in total. The van der Waals surface area contributed by atoms with Gasteiger partial charge in [-0.1, -0.05) is 13.8 Å². The molecule has 0 amide bonds. The first kappa shape index (κ1) is 13.7. The summed E-state index contributed by atoms with van der Waals surface area (Å²) in [7, 11) is 0. The topological polar surface area (TPSA) is 15.3 Å². The average Bonchev–Trinajstić information content (AvgIpc) is 2.78. The molecule has 1 saturated carbocycles. The number of piperazine rings is 1. The maximum atomic E-state index is 3.69. The molecule has 0 radical (unpaired) electrons. The van der Waals surface area contributed by atoms with Crippen molar-refractivity contribution in [2.75, 3.05) is 25.4 Å². The number of hydrogen-bond acceptors (Lipinski definition) is 3. The fraction of sp³-hybridized carbons (Fsp3) is 1.00. The molecule has 1 heterocycles. The summed E-state index contributed by atoms with van der Waals surface area (Å²) in [6.45, 7) is 10.7. The number of rotatable bonds is 4. The summed E-state index contributed by atoms with van der Waals surface area (Å²) < 4.78 is 0. The molecule has 0 aromatic carbocycles. The largest absolute Gasteiger partial charge is 0.309 e. The first-order valence-corrected chi connectivity index (χ1v) is 8.32. The smallest absolute Gasteiger partial charge is 0.0278 e. The molecule has 17 heavy (non-hydrogen) atoms. The van der Waals surface area contributed by atoms with Crippen molar-refractivity contribution < 1.29 is 0 Å². The van der Waals surface area contributed by atoms with Crippen molar-refractivity contribution in [2.24, 2.45) is 0 Å². The molecule has 0 aromatic heterocycles. The Morgan fingerprint density at radius 3 is 2.88 bits per heavy atom. The van der Waals surface area contributed by atoms with Gasteiger partial charge in [-0.25, -0.2) is 0 Å². The molecule has 2 rings (SSSR count). The summed E-state index contributed by atoms with van der Waals surface area (Å²) in [5, 5.41) is 4.63. The highest BCUT2D eigenvalue weighted by molar-refractivity contribution is 7.99. The lowest BCUT2D eigenvalue weighted by Crippen LogP contribution is -2.60. The fourth-order valence-corrected chi connectivity index (χ4v) is 4.40. The predicted molar refractivity (Wildman–Crippen MR) is 77.8 cm³/mol. The summed E-state index contributed by atoms with van der Waals surface area (Å²) in [6, 6.07) is 0.868. The van der Waals surface area contributed by atoms with Gasteiger partial charge >= 0.3 is 0 Å². The third-order valence-corrected chi connectivity index (χ3v) is 5.79. The van der Waals surface area contributed by atoms with Crippen LogP contribution < -0.4 is 5.32 Å². The first-order valence-electron chi connectivity index (χ1n) is 7.27. The van der Waals surface area contributed by atoms with Gasteiger partial charge in [-0.05, 0) is 38.4 Å². The molecule has 1 aliphatic heterocycles. The Morgan fingerprint density at radius 2 is 2.18 bits per heavy atom. The maximum absolute atomic E-state index is 3.69. The van der Waals surface area contributed by atoms with Crippen LogP contribution in [-0.2, 0) is 0 Å². The van der Waals surface area contributed by atoms with Gasteiger partial charge in [0, 0.05) is 36.5 Å². The van der Waals surface area contributed by atoms with Crippen LogP contribution in [0.5, 0.6) is 0 Å². The Hall–Kier alpha value is 0.270. The highest BCUT2D eigenvalue weighted by atomic mass is 32.2. The third kappa shape index (κ3) is 3.39. The van der Waals surface area contributed by atoms with Gasteiger partial charge < -0.3 is 5.32 Å². The SMILES string of the molecule is CCSC1CCC(N2CCNC(C)(CC)C2)C1. The molecule has 3 heteroatoms. The van der Waals surface area contributed by atoms with Crippen LogP contribution in [0.15, 0.2) is 0 Å². The molecule has 2 fully saturated rings. The molecule has 2 aliphatic rings. The second-order valence-electron chi connectivity index (χ2n) is 5.86. The Kier molecular flexibility index (Phi) is 4.79. The maximum Gasteiger partial charge on any atom is 0.0278 e. The van der Waals surface area contributed by atoms with E-state index in [0.29, 0.717) is 5.54 Å². The van der Waals surface area contributed by atoms with Gasteiger partial charge in [0.05, 0.1) is 0 Å². The Balaban J connectivity index is 1.86. The second kappa shape index (κ2) is 5.94. The van der Waals surface area contributed by atoms with Crippen LogP contribution in [0, 0.1) is 0 Å². The number of nitrogens with zero attached hydrogens (tertiary/aromatic N) is 1. The van der Waals surface area contributed by atoms with Crippen LogP contribution in [0.2, 0.25) is 0 Å². The monoisotopic (exact) mass is 256 g/mol. The van der Waals surface area contributed by atoms with E-state index >= 15 is 0 Å². The minimum atomic E-state index is 0.355. The van der Waals surface area contributed by atoms with E-state index in [4.69, 9.17) is 0 Å². The normalized spacial score (nSPS) is 39.7. The van der Waals surface area contributed by atoms with Crippen molar-refractivity contribution in [3.05, 3.63) is 0 Å². The van der Waals surface area contributed by atoms with Crippen molar-refractivity contribution in [2.45, 2.75) is 63.3 Å². The quantitative estimate of drug-likeness (QED) is 0.832. The van der Waals surface area contributed by atoms with E-state index in [2.05, 4.69) is 42.7 Å². The molecular formula is C14H28N2S. The van der Waals surface area contributed by atoms with Crippen molar-refractivity contribution in [3.8, 4) is 0 Å². The summed E-state index contributed by atoms with van der Waals surface area (Å²) >= 11 is 2.17. The van der Waals surface area contributed by atoms with Gasteiger partial charge in [-0.2, -0.15) is 11.8 Å². The van der Waals surface area contributed by atoms with E-state index in [-0.39, 0.29) is 0 Å². The van der Waals surface area contributed by atoms with E-state index in [1.54, 1.807) is 0 Å². The Labute approximate surface area is 111 Å². The van der Waals surface area contributed by atoms with Crippen molar-refractivity contribution in [1.82, 2.24) is 10.2 Å². The Bertz CT molecular complexity index is 246. The molecule has 0 spiro atoms. The molecule has 2 nitrogen and oxygen atoms in total. The van der Waals surface area contributed by atoms with Gasteiger partial charge in [0.1, 0.15) is 0 Å². The first-order chi connectivity index (χ1) is 8.17.